The molecule has 0 saturated carbocycles. The van der Waals surface area contributed by atoms with Crippen molar-refractivity contribution in [2.75, 3.05) is 39.7 Å². The average Bonchev–Trinajstić information content (AvgIpc) is 3.21. The van der Waals surface area contributed by atoms with Crippen molar-refractivity contribution in [3.63, 3.8) is 0 Å². The highest BCUT2D eigenvalue weighted by atomic mass is 19.1. The Morgan fingerprint density at radius 2 is 1.76 bits per heavy atom. The molecule has 4 aromatic rings. The van der Waals surface area contributed by atoms with Crippen molar-refractivity contribution < 1.29 is 23.8 Å². The number of hydrogen-bond acceptors (Lipinski definition) is 6. The number of methoxy groups -OCH3 is 1. The van der Waals surface area contributed by atoms with Crippen LogP contribution in [0.25, 0.3) is 10.9 Å². The zero-order chi connectivity index (χ0) is 27.4. The van der Waals surface area contributed by atoms with E-state index in [1.165, 1.54) is 19.2 Å². The van der Waals surface area contributed by atoms with Crippen LogP contribution in [-0.4, -0.2) is 67.4 Å². The number of aromatic hydroxyl groups is 1. The summed E-state index contributed by atoms with van der Waals surface area (Å²) >= 11 is 0. The van der Waals surface area contributed by atoms with E-state index in [1.54, 1.807) is 65.4 Å². The molecule has 0 atom stereocenters. The fraction of sp³-hybridized carbons (Fsp3) is 0.207. The number of aliphatic imine (C=N–C) groups is 1. The maximum absolute atomic E-state index is 13.9. The first-order chi connectivity index (χ1) is 18.2. The molecule has 38 heavy (non-hydrogen) atoms. The summed E-state index contributed by atoms with van der Waals surface area (Å²) in [6, 6.07) is 18.6. The van der Waals surface area contributed by atoms with Gasteiger partial charge in [-0.15, -0.1) is 0 Å². The molecule has 0 aliphatic heterocycles. The number of rotatable bonds is 8. The van der Waals surface area contributed by atoms with E-state index in [4.69, 9.17) is 9.73 Å². The number of benzene rings is 3. The van der Waals surface area contributed by atoms with Gasteiger partial charge in [-0.3, -0.25) is 9.59 Å². The Kier molecular flexibility index (Phi) is 7.87. The Labute approximate surface area is 220 Å². The van der Waals surface area contributed by atoms with Gasteiger partial charge in [-0.2, -0.15) is 0 Å². The Balaban J connectivity index is 1.80. The minimum absolute atomic E-state index is 0.0506. The first-order valence-corrected chi connectivity index (χ1v) is 11.9. The number of likely N-dealkylation sites (N-methyl/N-ethyl adjacent to an activating group) is 2. The number of H-pyrrole nitrogens is 1. The summed E-state index contributed by atoms with van der Waals surface area (Å²) in [6.45, 7) is 0.281. The number of aromatic nitrogens is 1. The number of ether oxygens (including phenoxy) is 1. The van der Waals surface area contributed by atoms with Gasteiger partial charge in [0.2, 0.25) is 5.91 Å². The van der Waals surface area contributed by atoms with Crippen molar-refractivity contribution >= 4 is 39.9 Å². The lowest BCUT2D eigenvalue weighted by molar-refractivity contribution is -0.139. The number of aromatic amines is 1. The number of esters is 1. The third-order valence-corrected chi connectivity index (χ3v) is 6.06. The Morgan fingerprint density at radius 3 is 2.45 bits per heavy atom. The van der Waals surface area contributed by atoms with E-state index in [-0.39, 0.29) is 30.7 Å². The van der Waals surface area contributed by atoms with Crippen molar-refractivity contribution in [3.8, 4) is 5.88 Å². The number of nitrogens with one attached hydrogen (secondary N) is 1. The Morgan fingerprint density at radius 1 is 1.03 bits per heavy atom. The number of fused-ring (bicyclic) bond motifs is 1. The molecule has 0 unspecified atom stereocenters. The van der Waals surface area contributed by atoms with Gasteiger partial charge in [0, 0.05) is 23.7 Å². The van der Waals surface area contributed by atoms with Crippen LogP contribution in [0, 0.1) is 5.82 Å². The molecule has 4 rings (SSSR count). The van der Waals surface area contributed by atoms with E-state index in [1.807, 2.05) is 20.2 Å². The minimum Gasteiger partial charge on any atom is -0.494 e. The van der Waals surface area contributed by atoms with E-state index in [2.05, 4.69) is 4.98 Å². The number of nitrogens with zero attached hydrogens (tertiary/aromatic N) is 3. The second-order valence-corrected chi connectivity index (χ2v) is 9.16. The minimum atomic E-state index is -0.438. The molecule has 0 spiro atoms. The van der Waals surface area contributed by atoms with Crippen molar-refractivity contribution in [1.29, 1.82) is 0 Å². The summed E-state index contributed by atoms with van der Waals surface area (Å²) in [5, 5.41) is 11.4. The zero-order valence-corrected chi connectivity index (χ0v) is 21.7. The summed E-state index contributed by atoms with van der Waals surface area (Å²) in [5.74, 6) is -1.03. The maximum Gasteiger partial charge on any atom is 0.309 e. The molecular weight excluding hydrogens is 487 g/mol. The molecule has 0 bridgehead atoms. The molecule has 9 heteroatoms. The first-order valence-electron chi connectivity index (χ1n) is 11.9. The van der Waals surface area contributed by atoms with Gasteiger partial charge in [-0.25, -0.2) is 9.38 Å². The molecule has 1 heterocycles. The van der Waals surface area contributed by atoms with Gasteiger partial charge in [0.15, 0.2) is 5.88 Å². The SMILES string of the molecule is COC(=O)Cc1cccc(C(=Nc2ccc(N(C)C(=O)CN(C)C)cc2)c2c(O)[nH]c3cc(F)ccc23)c1. The average molecular weight is 517 g/mol. The zero-order valence-electron chi connectivity index (χ0n) is 21.7. The highest BCUT2D eigenvalue weighted by Crippen LogP contribution is 2.32. The topological polar surface area (TPSA) is 98.2 Å². The van der Waals surface area contributed by atoms with Crippen LogP contribution in [0.1, 0.15) is 16.7 Å². The van der Waals surface area contributed by atoms with Crippen LogP contribution < -0.4 is 4.90 Å². The lowest BCUT2D eigenvalue weighted by Crippen LogP contribution is -2.34. The van der Waals surface area contributed by atoms with Gasteiger partial charge in [0.25, 0.3) is 0 Å². The van der Waals surface area contributed by atoms with E-state index < -0.39 is 5.82 Å². The Bertz CT molecular complexity index is 1510. The summed E-state index contributed by atoms with van der Waals surface area (Å²) < 4.78 is 18.7. The van der Waals surface area contributed by atoms with Gasteiger partial charge >= 0.3 is 5.97 Å². The van der Waals surface area contributed by atoms with Gasteiger partial charge in [-0.05, 0) is 68.2 Å². The second kappa shape index (κ2) is 11.3. The van der Waals surface area contributed by atoms with Crippen LogP contribution in [0.2, 0.25) is 0 Å². The molecule has 2 N–H and O–H groups in total. The normalized spacial score (nSPS) is 11.7. The molecule has 196 valence electrons. The largest absolute Gasteiger partial charge is 0.494 e. The third-order valence-electron chi connectivity index (χ3n) is 6.06. The highest BCUT2D eigenvalue weighted by molar-refractivity contribution is 6.22. The predicted molar refractivity (Wildman–Crippen MR) is 146 cm³/mol. The van der Waals surface area contributed by atoms with E-state index in [9.17, 15) is 19.1 Å². The van der Waals surface area contributed by atoms with Crippen LogP contribution >= 0.6 is 0 Å². The summed E-state index contributed by atoms with van der Waals surface area (Å²) in [5.41, 5.74) is 3.90. The molecule has 1 aromatic heterocycles. The number of carbonyl (C=O) groups excluding carboxylic acids is 2. The quantitative estimate of drug-likeness (QED) is 0.267. The van der Waals surface area contributed by atoms with Gasteiger partial charge in [0.1, 0.15) is 5.82 Å². The fourth-order valence-corrected chi connectivity index (χ4v) is 4.13. The second-order valence-electron chi connectivity index (χ2n) is 9.16. The fourth-order valence-electron chi connectivity index (χ4n) is 4.13. The lowest BCUT2D eigenvalue weighted by Gasteiger charge is -2.19. The van der Waals surface area contributed by atoms with Gasteiger partial charge in [-0.1, -0.05) is 18.2 Å². The van der Waals surface area contributed by atoms with E-state index >= 15 is 0 Å². The lowest BCUT2D eigenvalue weighted by atomic mass is 9.98. The number of hydrogen-bond donors (Lipinski definition) is 2. The van der Waals surface area contributed by atoms with Gasteiger partial charge in [0.05, 0.1) is 42.6 Å². The Hall–Kier alpha value is -4.50. The molecular formula is C29H29FN4O4. The number of carbonyl (C=O) groups is 2. The van der Waals surface area contributed by atoms with Crippen LogP contribution in [0.4, 0.5) is 15.8 Å². The van der Waals surface area contributed by atoms with Crippen LogP contribution in [0.15, 0.2) is 71.7 Å². The molecule has 3 aromatic carbocycles. The summed E-state index contributed by atoms with van der Waals surface area (Å²) in [4.78, 5) is 35.4. The third kappa shape index (κ3) is 5.90. The van der Waals surface area contributed by atoms with Crippen molar-refractivity contribution in [1.82, 2.24) is 9.88 Å². The number of anilines is 1. The van der Waals surface area contributed by atoms with Gasteiger partial charge < -0.3 is 24.6 Å². The number of amides is 1. The van der Waals surface area contributed by atoms with Crippen molar-refractivity contribution in [3.05, 3.63) is 89.2 Å². The molecule has 0 fully saturated rings. The summed E-state index contributed by atoms with van der Waals surface area (Å²) in [7, 11) is 6.71. The first kappa shape index (κ1) is 26.6. The number of halogens is 1. The van der Waals surface area contributed by atoms with Crippen molar-refractivity contribution in [2.45, 2.75) is 6.42 Å². The van der Waals surface area contributed by atoms with E-state index in [0.29, 0.717) is 44.7 Å². The van der Waals surface area contributed by atoms with Crippen LogP contribution in [-0.2, 0) is 20.7 Å². The summed E-state index contributed by atoms with van der Waals surface area (Å²) in [6.07, 6.45) is 0.0741. The van der Waals surface area contributed by atoms with Crippen molar-refractivity contribution in [2.24, 2.45) is 4.99 Å². The molecule has 8 nitrogen and oxygen atoms in total. The molecule has 0 saturated heterocycles. The monoisotopic (exact) mass is 516 g/mol. The smallest absolute Gasteiger partial charge is 0.309 e. The molecule has 1 amide bonds. The predicted octanol–water partition coefficient (Wildman–Crippen LogP) is 4.42. The van der Waals surface area contributed by atoms with Crippen LogP contribution in [0.5, 0.6) is 5.88 Å². The highest BCUT2D eigenvalue weighted by Gasteiger charge is 2.20. The van der Waals surface area contributed by atoms with E-state index in [0.717, 1.165) is 0 Å². The maximum atomic E-state index is 13.9. The molecule has 0 aliphatic rings. The van der Waals surface area contributed by atoms with Crippen LogP contribution in [0.3, 0.4) is 0 Å². The molecule has 0 aliphatic carbocycles. The molecule has 0 radical (unpaired) electrons. The standard InChI is InChI=1S/C29H29FN4O4/c1-33(2)17-25(35)34(3)22-11-9-21(10-12-22)31-28(19-7-5-6-18(14-19)15-26(36)38-4)27-23-13-8-20(30)16-24(23)32-29(27)37/h5-14,16,32,37H,15,17H2,1-4H3.